The predicted octanol–water partition coefficient (Wildman–Crippen LogP) is 1.76. The fourth-order valence-electron chi connectivity index (χ4n) is 0. The van der Waals surface area contributed by atoms with Gasteiger partial charge in [-0.3, -0.25) is 0 Å². The summed E-state index contributed by atoms with van der Waals surface area (Å²) in [5.74, 6) is 0.255. The molecule has 0 atom stereocenters. The predicted molar refractivity (Wildman–Crippen MR) is 54.1 cm³/mol. The van der Waals surface area contributed by atoms with Crippen LogP contribution in [0.5, 0.6) is 0 Å². The molecule has 0 aromatic heterocycles. The van der Waals surface area contributed by atoms with Gasteiger partial charge in [0.2, 0.25) is 0 Å². The Labute approximate surface area is 87.9 Å². The monoisotopic (exact) mass is 240 g/mol. The molecule has 3 nitrogen and oxygen atoms in total. The minimum atomic E-state index is -0.750. The van der Waals surface area contributed by atoms with E-state index >= 15 is 0 Å². The number of alkyl halides is 3. The molecule has 0 saturated carbocycles. The summed E-state index contributed by atoms with van der Waals surface area (Å²) in [6.07, 6.45) is 0.667. The molecule has 0 unspecified atom stereocenters. The van der Waals surface area contributed by atoms with Crippen molar-refractivity contribution in [2.24, 2.45) is 0 Å². The molecule has 0 bridgehead atoms. The molecule has 0 aliphatic carbocycles. The van der Waals surface area contributed by atoms with Crippen LogP contribution in [-0.2, 0) is 4.79 Å². The summed E-state index contributed by atoms with van der Waals surface area (Å²) in [6, 6.07) is 0. The molecule has 0 aliphatic rings. The summed E-state index contributed by atoms with van der Waals surface area (Å²) < 4.78 is -0.750. The van der Waals surface area contributed by atoms with Gasteiger partial charge in [0.05, 0.1) is 0 Å². The number of Topliss-reactive ketones (excluding diaryl/α,β-unsaturated/α-hetero) is 1. The van der Waals surface area contributed by atoms with Crippen molar-refractivity contribution in [1.29, 1.82) is 0 Å². The molecule has 0 aromatic carbocycles. The number of halogens is 3. The van der Waals surface area contributed by atoms with Crippen molar-refractivity contribution in [3.63, 3.8) is 0 Å². The quantitative estimate of drug-likeness (QED) is 0.711. The first-order chi connectivity index (χ1) is 5.00. The normalized spacial score (nSPS) is 6.67. The summed E-state index contributed by atoms with van der Waals surface area (Å²) in [4.78, 5) is 9.81. The Morgan fingerprint density at radius 2 is 1.42 bits per heavy atom. The van der Waals surface area contributed by atoms with Crippen LogP contribution in [0.4, 0.5) is 0 Å². The van der Waals surface area contributed by atoms with Crippen LogP contribution in [0.25, 0.3) is 0 Å². The second-order valence-electron chi connectivity index (χ2n) is 1.30. The minimum Gasteiger partial charge on any atom is -0.412 e. The lowest BCUT2D eigenvalue weighted by Gasteiger charge is -1.71. The maximum atomic E-state index is 9.81. The number of aliphatic hydroxyl groups is 1. The molecule has 0 heterocycles. The summed E-state index contributed by atoms with van der Waals surface area (Å²) in [5.41, 5.74) is 0. The molecule has 0 amide bonds. The van der Waals surface area contributed by atoms with Crippen LogP contribution < -0.4 is 0 Å². The lowest BCUT2D eigenvalue weighted by molar-refractivity contribution is -0.116. The van der Waals surface area contributed by atoms with Crippen molar-refractivity contribution >= 4 is 40.6 Å². The number of hydrogen-bond donors (Lipinski definition) is 1. The van der Waals surface area contributed by atoms with Crippen molar-refractivity contribution in [3.8, 4) is 0 Å². The summed E-state index contributed by atoms with van der Waals surface area (Å²) in [5, 5.41) is 7.00. The van der Waals surface area contributed by atoms with Crippen LogP contribution in [0.2, 0.25) is 0 Å². The Morgan fingerprint density at radius 3 is 1.42 bits per heavy atom. The van der Waals surface area contributed by atoms with Crippen LogP contribution in [0.1, 0.15) is 20.3 Å². The van der Waals surface area contributed by atoms with Gasteiger partial charge in [0.25, 0.3) is 0 Å². The van der Waals surface area contributed by atoms with E-state index in [0.29, 0.717) is 6.42 Å². The third kappa shape index (κ3) is 155. The number of carbonyl (C=O) groups is 1. The highest BCUT2D eigenvalue weighted by atomic mass is 35.6. The van der Waals surface area contributed by atoms with Crippen LogP contribution >= 0.6 is 34.8 Å². The smallest absolute Gasteiger partial charge is 0.180 e. The number of aliphatic hydroxyl groups excluding tert-OH is 1. The lowest BCUT2D eigenvalue weighted by Crippen LogP contribution is -1.80. The number of hydrogen-bond acceptors (Lipinski definition) is 2. The van der Waals surface area contributed by atoms with E-state index in [9.17, 15) is 4.79 Å². The van der Waals surface area contributed by atoms with Gasteiger partial charge in [-0.25, -0.2) is 0 Å². The van der Waals surface area contributed by atoms with E-state index in [2.05, 4.69) is 0 Å². The highest BCUT2D eigenvalue weighted by molar-refractivity contribution is 6.63. The zero-order valence-corrected chi connectivity index (χ0v) is 9.54. The Morgan fingerprint density at radius 1 is 1.33 bits per heavy atom. The fraction of sp³-hybridized carbons (Fsp3) is 0.833. The maximum Gasteiger partial charge on any atom is 0.180 e. The Kier molecular flexibility index (Phi) is 42.9. The van der Waals surface area contributed by atoms with E-state index in [-0.39, 0.29) is 11.3 Å². The zero-order valence-electron chi connectivity index (χ0n) is 7.27. The zero-order chi connectivity index (χ0) is 9.86. The largest absolute Gasteiger partial charge is 0.412 e. The summed E-state index contributed by atoms with van der Waals surface area (Å²) in [6.45, 7) is 3.43. The number of rotatable bonds is 1. The van der Waals surface area contributed by atoms with Crippen molar-refractivity contribution in [2.75, 3.05) is 7.11 Å². The molecule has 0 aromatic rings. The van der Waals surface area contributed by atoms with Gasteiger partial charge in [-0.15, -0.1) is 0 Å². The van der Waals surface area contributed by atoms with Gasteiger partial charge in [0.15, 0.2) is 4.30 Å². The molecule has 0 saturated heterocycles. The molecular formula is C6H15Cl3O3. The van der Waals surface area contributed by atoms with Crippen molar-refractivity contribution in [3.05, 3.63) is 0 Å². The average Bonchev–Trinajstić information content (AvgIpc) is 1.91. The fourth-order valence-corrected chi connectivity index (χ4v) is 0. The van der Waals surface area contributed by atoms with E-state index in [1.807, 2.05) is 6.92 Å². The first-order valence-electron chi connectivity index (χ1n) is 2.87. The number of carbonyl (C=O) groups excluding carboxylic acids is 1. The van der Waals surface area contributed by atoms with Crippen molar-refractivity contribution < 1.29 is 15.4 Å². The first kappa shape index (κ1) is 22.9. The van der Waals surface area contributed by atoms with E-state index in [4.69, 9.17) is 39.9 Å². The second kappa shape index (κ2) is 22.5. The van der Waals surface area contributed by atoms with Gasteiger partial charge in [-0.1, -0.05) is 41.7 Å². The topological polar surface area (TPSA) is 68.8 Å². The molecule has 12 heavy (non-hydrogen) atoms. The molecule has 0 fully saturated rings. The Hall–Kier alpha value is 0.460. The molecule has 0 rings (SSSR count). The molecular weight excluding hydrogens is 226 g/mol. The molecule has 0 spiro atoms. The van der Waals surface area contributed by atoms with Crippen LogP contribution in [0.3, 0.4) is 0 Å². The van der Waals surface area contributed by atoms with E-state index in [1.54, 1.807) is 6.92 Å². The molecule has 78 valence electrons. The third-order valence-corrected chi connectivity index (χ3v) is 0.498. The maximum absolute atomic E-state index is 9.81. The van der Waals surface area contributed by atoms with E-state index in [0.717, 1.165) is 7.11 Å². The van der Waals surface area contributed by atoms with Crippen LogP contribution in [-0.4, -0.2) is 27.8 Å². The number of ketones is 1. The molecule has 0 radical (unpaired) electrons. The minimum absolute atomic E-state index is 0. The molecule has 6 heteroatoms. The first-order valence-corrected chi connectivity index (χ1v) is 4.18. The van der Waals surface area contributed by atoms with Crippen molar-refractivity contribution in [1.82, 2.24) is 0 Å². The van der Waals surface area contributed by atoms with Gasteiger partial charge >= 0.3 is 0 Å². The highest BCUT2D eigenvalue weighted by Crippen LogP contribution is 2.03. The van der Waals surface area contributed by atoms with Gasteiger partial charge in [-0.2, -0.15) is 0 Å². The summed E-state index contributed by atoms with van der Waals surface area (Å²) >= 11 is 14.4. The van der Waals surface area contributed by atoms with Gasteiger partial charge in [0, 0.05) is 13.5 Å². The Bertz CT molecular complexity index is 75.7. The van der Waals surface area contributed by atoms with Gasteiger partial charge in [0.1, 0.15) is 5.78 Å². The average molecular weight is 242 g/mol. The van der Waals surface area contributed by atoms with Gasteiger partial charge in [-0.05, 0) is 6.92 Å². The second-order valence-corrected chi connectivity index (χ2v) is 3.28. The van der Waals surface area contributed by atoms with Gasteiger partial charge < -0.3 is 15.4 Å². The van der Waals surface area contributed by atoms with Crippen molar-refractivity contribution in [2.45, 2.75) is 24.6 Å². The SMILES string of the molecule is CCC(C)=O.CO.ClC(Cl)Cl.O. The molecule has 0 aliphatic heterocycles. The van der Waals surface area contributed by atoms with Crippen LogP contribution in [0.15, 0.2) is 0 Å². The standard InChI is InChI=1S/C4H8O.CHCl3.CH4O.H2O/c1-3-4(2)5;2-1(3)4;1-2;/h3H2,1-2H3;1H;2H,1H3;1H2. The van der Waals surface area contributed by atoms with E-state index < -0.39 is 4.30 Å². The molecule has 3 N–H and O–H groups in total. The Balaban J connectivity index is -0.0000000419. The summed E-state index contributed by atoms with van der Waals surface area (Å²) in [7, 11) is 1.00. The third-order valence-electron chi connectivity index (χ3n) is 0.498. The highest BCUT2D eigenvalue weighted by Gasteiger charge is 1.79. The van der Waals surface area contributed by atoms with E-state index in [1.165, 1.54) is 0 Å². The lowest BCUT2D eigenvalue weighted by atomic mass is 10.4. The van der Waals surface area contributed by atoms with Crippen LogP contribution in [0, 0.1) is 0 Å².